The van der Waals surface area contributed by atoms with E-state index in [1.165, 1.54) is 34.1 Å². The van der Waals surface area contributed by atoms with E-state index in [-0.39, 0.29) is 158 Å². The monoisotopic (exact) mass is 1440 g/mol. The predicted molar refractivity (Wildman–Crippen MR) is 394 cm³/mol. The van der Waals surface area contributed by atoms with Crippen molar-refractivity contribution in [3.63, 3.8) is 0 Å². The van der Waals surface area contributed by atoms with Gasteiger partial charge in [0.25, 0.3) is 47.3 Å². The lowest BCUT2D eigenvalue weighted by atomic mass is 9.83. The van der Waals surface area contributed by atoms with Crippen LogP contribution in [0.4, 0.5) is 11.4 Å². The van der Waals surface area contributed by atoms with Crippen molar-refractivity contribution >= 4 is 123 Å². The molecule has 0 N–H and O–H groups in total. The van der Waals surface area contributed by atoms with E-state index in [1.54, 1.807) is 64.1 Å². The molecule has 0 spiro atoms. The second kappa shape index (κ2) is 30.2. The van der Waals surface area contributed by atoms with Gasteiger partial charge < -0.3 is 9.47 Å². The Bertz CT molecular complexity index is 4230. The quantitative estimate of drug-likeness (QED) is 0.0381. The standard InChI is InChI=1S/C77H93N5O14S4/c1-16-24-26-44(18-3)42-79-68(83)48-38-58(99(93)22-7)66-62-50(40-56(97(91)20-5)64(60(48)62)72(79)87)70(85)81(74(66)89)54-36-46(28-30-52(54)76(9,10)11)95-34-32-78(15)33-35-96-47-29-31-53(77(12,13)14)55(37-47)82-71(86)51-41-57(98(92)21-6)65-61-49(39-59(100(94)23-8)67(63(51)61)75(82)90)69(84)80(73(65)88)43-45(19-4)27-25-17-2/h28-31,36-41,44-45H,16-27,32-35,42-43H2,1-15H3. The van der Waals surface area contributed by atoms with Crippen LogP contribution in [0.15, 0.2) is 80.2 Å². The number of imide groups is 4. The molecule has 0 saturated heterocycles. The van der Waals surface area contributed by atoms with Gasteiger partial charge in [-0.1, -0.05) is 148 Å². The lowest BCUT2D eigenvalue weighted by molar-refractivity contribution is 0.0562. The SMILES string of the molecule is CCCCC(CC)CN1C(=O)c2cc(S(=O)CC)c3c4c(cc(S(=O)CC)c(c24)C1=O)C(=O)N(c1cc(OCCN(C)CCOc2ccc(C(C)(C)C)c(N4C(=O)c5cc(S(=O)CC)c6c7c(cc(S(=O)CC)c(c57)C4=O)C(=O)N(CC(CC)CCCC)C6=O)c2)ccc1C(C)(C)C)C3=O. The Morgan fingerprint density at radius 1 is 0.410 bits per heavy atom. The molecule has 23 heteroatoms. The lowest BCUT2D eigenvalue weighted by Crippen LogP contribution is -2.46. The first kappa shape index (κ1) is 75.2. The molecule has 0 radical (unpaired) electrons. The molecule has 0 aliphatic carbocycles. The van der Waals surface area contributed by atoms with Gasteiger partial charge in [-0.3, -0.25) is 69.9 Å². The van der Waals surface area contributed by atoms with Crippen molar-refractivity contribution in [1.29, 1.82) is 0 Å². The fraction of sp³-hybridized carbons (Fsp3) is 0.481. The topological polar surface area (TPSA) is 239 Å². The van der Waals surface area contributed by atoms with Crippen LogP contribution in [0.25, 0.3) is 21.5 Å². The van der Waals surface area contributed by atoms with Crippen molar-refractivity contribution in [2.24, 2.45) is 11.8 Å². The average molecular weight is 1440 g/mol. The van der Waals surface area contributed by atoms with Crippen LogP contribution >= 0.6 is 0 Å². The van der Waals surface area contributed by atoms with Crippen molar-refractivity contribution < 1.29 is 64.7 Å². The second-order valence-corrected chi connectivity index (χ2v) is 35.1. The zero-order chi connectivity index (χ0) is 72.9. The maximum atomic E-state index is 15.5. The third-order valence-electron chi connectivity index (χ3n) is 19.8. The first-order valence-electron chi connectivity index (χ1n) is 35.1. The highest BCUT2D eigenvalue weighted by Crippen LogP contribution is 2.49. The number of amides is 8. The molecule has 19 nitrogen and oxygen atoms in total. The summed E-state index contributed by atoms with van der Waals surface area (Å²) in [4.78, 5) is 128. The van der Waals surface area contributed by atoms with Gasteiger partial charge in [0.05, 0.1) is 108 Å². The zero-order valence-corrected chi connectivity index (χ0v) is 63.5. The summed E-state index contributed by atoms with van der Waals surface area (Å²) in [5.74, 6) is -4.77. The molecule has 6 atom stereocenters. The summed E-state index contributed by atoms with van der Waals surface area (Å²) in [6, 6.07) is 16.0. The smallest absolute Gasteiger partial charge is 0.267 e. The highest BCUT2D eigenvalue weighted by atomic mass is 32.2. The molecule has 0 bridgehead atoms. The number of ether oxygens (including phenoxy) is 2. The predicted octanol–water partition coefficient (Wildman–Crippen LogP) is 13.7. The maximum absolute atomic E-state index is 15.5. The number of carbonyl (C=O) groups is 8. The zero-order valence-electron chi connectivity index (χ0n) is 60.2. The van der Waals surface area contributed by atoms with Crippen LogP contribution in [0.3, 0.4) is 0 Å². The molecule has 4 aliphatic heterocycles. The van der Waals surface area contributed by atoms with E-state index in [0.717, 1.165) is 48.3 Å². The highest BCUT2D eigenvalue weighted by Gasteiger charge is 2.48. The molecule has 4 heterocycles. The number of hydrogen-bond donors (Lipinski definition) is 0. The summed E-state index contributed by atoms with van der Waals surface area (Å²) in [6.45, 7) is 27.8. The Morgan fingerprint density at radius 2 is 0.710 bits per heavy atom. The molecule has 534 valence electrons. The maximum Gasteiger partial charge on any atom is 0.267 e. The van der Waals surface area contributed by atoms with Gasteiger partial charge >= 0.3 is 0 Å². The number of unbranched alkanes of at least 4 members (excludes halogenated alkanes) is 2. The fourth-order valence-electron chi connectivity index (χ4n) is 14.1. The third-order valence-corrected chi connectivity index (χ3v) is 25.1. The second-order valence-electron chi connectivity index (χ2n) is 28.3. The number of rotatable bonds is 30. The number of nitrogens with zero attached hydrogens (tertiary/aromatic N) is 5. The summed E-state index contributed by atoms with van der Waals surface area (Å²) < 4.78 is 69.8. The van der Waals surface area contributed by atoms with Gasteiger partial charge in [0, 0.05) is 94.0 Å². The summed E-state index contributed by atoms with van der Waals surface area (Å²) in [7, 11) is -5.47. The molecule has 10 rings (SSSR count). The molecule has 0 saturated carbocycles. The minimum atomic E-state index is -1.85. The fourth-order valence-corrected chi connectivity index (χ4v) is 18.1. The Kier molecular flexibility index (Phi) is 22.8. The Labute approximate surface area is 596 Å². The van der Waals surface area contributed by atoms with Crippen molar-refractivity contribution in [3.8, 4) is 11.5 Å². The van der Waals surface area contributed by atoms with Gasteiger partial charge in [-0.2, -0.15) is 0 Å². The largest absolute Gasteiger partial charge is 0.492 e. The van der Waals surface area contributed by atoms with Gasteiger partial charge in [-0.25, -0.2) is 9.80 Å². The van der Waals surface area contributed by atoms with E-state index >= 15 is 19.2 Å². The Hall–Kier alpha value is -7.44. The lowest BCUT2D eigenvalue weighted by Gasteiger charge is -2.36. The normalized spacial score (nSPS) is 16.6. The van der Waals surface area contributed by atoms with Gasteiger partial charge in [-0.05, 0) is 90.1 Å². The average Bonchev–Trinajstić information content (AvgIpc) is 0.699. The van der Waals surface area contributed by atoms with E-state index < -0.39 is 101 Å². The van der Waals surface area contributed by atoms with Crippen LogP contribution in [0.2, 0.25) is 0 Å². The highest BCUT2D eigenvalue weighted by molar-refractivity contribution is 7.86. The summed E-state index contributed by atoms with van der Waals surface area (Å²) >= 11 is 0. The van der Waals surface area contributed by atoms with Crippen molar-refractivity contribution in [1.82, 2.24) is 14.7 Å². The van der Waals surface area contributed by atoms with Gasteiger partial charge in [-0.15, -0.1) is 0 Å². The van der Waals surface area contributed by atoms with Crippen molar-refractivity contribution in [3.05, 3.63) is 116 Å². The number of anilines is 2. The van der Waals surface area contributed by atoms with Crippen LogP contribution in [0.1, 0.15) is 242 Å². The number of benzene rings is 6. The molecule has 0 aromatic heterocycles. The Morgan fingerprint density at radius 3 is 0.990 bits per heavy atom. The van der Waals surface area contributed by atoms with Gasteiger partial charge in [0.2, 0.25) is 0 Å². The van der Waals surface area contributed by atoms with E-state index in [0.29, 0.717) is 48.6 Å². The minimum absolute atomic E-state index is 0.00266. The first-order valence-corrected chi connectivity index (χ1v) is 40.4. The number of carbonyl (C=O) groups excluding carboxylic acids is 8. The molecule has 6 aromatic rings. The van der Waals surface area contributed by atoms with Crippen molar-refractivity contribution in [2.45, 2.75) is 179 Å². The van der Waals surface area contributed by atoms with Crippen LogP contribution in [-0.2, 0) is 54.0 Å². The third kappa shape index (κ3) is 13.7. The number of likely N-dealkylation sites (N-methyl/N-ethyl adjacent to an activating group) is 1. The number of hydrogen-bond acceptors (Lipinski definition) is 15. The van der Waals surface area contributed by atoms with Crippen LogP contribution < -0.4 is 19.3 Å². The Balaban J connectivity index is 0.917. The van der Waals surface area contributed by atoms with E-state index in [2.05, 4.69) is 13.8 Å². The van der Waals surface area contributed by atoms with Crippen LogP contribution in [0.5, 0.6) is 11.5 Å². The summed E-state index contributed by atoms with van der Waals surface area (Å²) in [5, 5.41) is 0.207. The van der Waals surface area contributed by atoms with E-state index in [1.807, 2.05) is 67.3 Å². The van der Waals surface area contributed by atoms with Gasteiger partial charge in [0.15, 0.2) is 0 Å². The molecular formula is C77H93N5O14S4. The molecule has 6 unspecified atom stereocenters. The molecule has 4 aliphatic rings. The van der Waals surface area contributed by atoms with Gasteiger partial charge in [0.1, 0.15) is 24.7 Å². The molecule has 6 aromatic carbocycles. The van der Waals surface area contributed by atoms with E-state index in [4.69, 9.17) is 9.47 Å². The van der Waals surface area contributed by atoms with Crippen LogP contribution in [0, 0.1) is 11.8 Å². The summed E-state index contributed by atoms with van der Waals surface area (Å²) in [5.41, 5.74) is 0.0884. The minimum Gasteiger partial charge on any atom is -0.492 e. The molecule has 8 amide bonds. The van der Waals surface area contributed by atoms with Crippen LogP contribution in [-0.4, -0.2) is 148 Å². The molecule has 100 heavy (non-hydrogen) atoms. The molecular weight excluding hydrogens is 1350 g/mol. The van der Waals surface area contributed by atoms with Crippen molar-refractivity contribution in [2.75, 3.05) is 79.3 Å². The van der Waals surface area contributed by atoms with E-state index in [9.17, 15) is 36.0 Å². The molecule has 0 fully saturated rings. The summed E-state index contributed by atoms with van der Waals surface area (Å²) in [6.07, 6.45) is 6.62. The first-order chi connectivity index (χ1) is 47.5.